The largest absolute Gasteiger partial charge is 0.381 e. The molecule has 4 heteroatoms. The third-order valence-electron chi connectivity index (χ3n) is 4.78. The highest BCUT2D eigenvalue weighted by Gasteiger charge is 2.44. The van der Waals surface area contributed by atoms with E-state index in [1.54, 1.807) is 0 Å². The SMILES string of the molecule is COC1CCCC(NC2CC2)(c2nc(C(C)(C)C)cs2)C1. The van der Waals surface area contributed by atoms with Gasteiger partial charge in [-0.2, -0.15) is 0 Å². The van der Waals surface area contributed by atoms with Crippen molar-refractivity contribution in [3.8, 4) is 0 Å². The molecule has 2 atom stereocenters. The molecule has 2 fully saturated rings. The molecule has 1 N–H and O–H groups in total. The van der Waals surface area contributed by atoms with E-state index in [1.807, 2.05) is 18.4 Å². The van der Waals surface area contributed by atoms with E-state index in [1.165, 1.54) is 42.8 Å². The topological polar surface area (TPSA) is 34.1 Å². The maximum atomic E-state index is 5.68. The van der Waals surface area contributed by atoms with Crippen molar-refractivity contribution in [1.82, 2.24) is 10.3 Å². The fourth-order valence-corrected chi connectivity index (χ4v) is 4.52. The first-order valence-electron chi connectivity index (χ1n) is 8.20. The molecule has 2 aliphatic carbocycles. The highest BCUT2D eigenvalue weighted by atomic mass is 32.1. The van der Waals surface area contributed by atoms with Gasteiger partial charge in [-0.25, -0.2) is 4.98 Å². The zero-order valence-corrected chi connectivity index (χ0v) is 14.6. The Labute approximate surface area is 132 Å². The second-order valence-electron chi connectivity index (χ2n) is 7.74. The monoisotopic (exact) mass is 308 g/mol. The summed E-state index contributed by atoms with van der Waals surface area (Å²) in [6.45, 7) is 6.73. The summed E-state index contributed by atoms with van der Waals surface area (Å²) < 4.78 is 5.68. The minimum Gasteiger partial charge on any atom is -0.381 e. The standard InChI is InChI=1S/C17H28N2OS/c1-16(2,3)14-11-21-15(18-14)17(19-12-7-8-12)9-5-6-13(10-17)20-4/h11-13,19H,5-10H2,1-4H3. The van der Waals surface area contributed by atoms with Crippen molar-refractivity contribution < 1.29 is 4.74 Å². The average molecular weight is 308 g/mol. The number of hydrogen-bond donors (Lipinski definition) is 1. The number of thiazole rings is 1. The number of rotatable bonds is 4. The summed E-state index contributed by atoms with van der Waals surface area (Å²) in [5, 5.41) is 7.45. The summed E-state index contributed by atoms with van der Waals surface area (Å²) in [6.07, 6.45) is 7.67. The molecule has 0 aromatic carbocycles. The van der Waals surface area contributed by atoms with Gasteiger partial charge in [0.1, 0.15) is 5.01 Å². The van der Waals surface area contributed by atoms with Crippen molar-refractivity contribution >= 4 is 11.3 Å². The van der Waals surface area contributed by atoms with E-state index < -0.39 is 0 Å². The summed E-state index contributed by atoms with van der Waals surface area (Å²) in [6, 6.07) is 0.697. The fourth-order valence-electron chi connectivity index (χ4n) is 3.27. The number of aromatic nitrogens is 1. The van der Waals surface area contributed by atoms with Gasteiger partial charge >= 0.3 is 0 Å². The van der Waals surface area contributed by atoms with Crippen LogP contribution in [0.5, 0.6) is 0 Å². The van der Waals surface area contributed by atoms with Crippen LogP contribution in [0.25, 0.3) is 0 Å². The lowest BCUT2D eigenvalue weighted by molar-refractivity contribution is 0.0283. The predicted octanol–water partition coefficient (Wildman–Crippen LogP) is 3.98. The summed E-state index contributed by atoms with van der Waals surface area (Å²) >= 11 is 1.83. The maximum Gasteiger partial charge on any atom is 0.113 e. The molecular weight excluding hydrogens is 280 g/mol. The zero-order chi connectivity index (χ0) is 15.1. The molecule has 0 bridgehead atoms. The van der Waals surface area contributed by atoms with Crippen molar-refractivity contribution in [3.63, 3.8) is 0 Å². The van der Waals surface area contributed by atoms with Crippen LogP contribution in [0.3, 0.4) is 0 Å². The average Bonchev–Trinajstić information content (AvgIpc) is 3.08. The van der Waals surface area contributed by atoms with Crippen LogP contribution in [0, 0.1) is 0 Å². The molecule has 1 aromatic rings. The van der Waals surface area contributed by atoms with E-state index in [4.69, 9.17) is 9.72 Å². The Kier molecular flexibility index (Phi) is 4.15. The van der Waals surface area contributed by atoms with E-state index in [0.717, 1.165) is 6.42 Å². The van der Waals surface area contributed by atoms with Crippen molar-refractivity contribution in [1.29, 1.82) is 0 Å². The quantitative estimate of drug-likeness (QED) is 0.913. The second-order valence-corrected chi connectivity index (χ2v) is 8.60. The van der Waals surface area contributed by atoms with E-state index in [-0.39, 0.29) is 11.0 Å². The van der Waals surface area contributed by atoms with Gasteiger partial charge in [0.05, 0.1) is 17.3 Å². The van der Waals surface area contributed by atoms with Gasteiger partial charge in [0.15, 0.2) is 0 Å². The Morgan fingerprint density at radius 2 is 2.10 bits per heavy atom. The molecule has 2 saturated carbocycles. The molecule has 2 aliphatic rings. The first kappa shape index (κ1) is 15.4. The number of ether oxygens (including phenoxy) is 1. The lowest BCUT2D eigenvalue weighted by Gasteiger charge is -2.40. The second kappa shape index (κ2) is 5.64. The smallest absolute Gasteiger partial charge is 0.113 e. The first-order chi connectivity index (χ1) is 9.93. The van der Waals surface area contributed by atoms with Crippen LogP contribution in [0.4, 0.5) is 0 Å². The minimum absolute atomic E-state index is 0.0499. The van der Waals surface area contributed by atoms with Gasteiger partial charge < -0.3 is 10.1 Å². The molecule has 1 heterocycles. The lowest BCUT2D eigenvalue weighted by atomic mass is 9.80. The predicted molar refractivity (Wildman–Crippen MR) is 87.9 cm³/mol. The first-order valence-corrected chi connectivity index (χ1v) is 9.08. The van der Waals surface area contributed by atoms with Gasteiger partial charge in [-0.05, 0) is 38.5 Å². The van der Waals surface area contributed by atoms with Crippen LogP contribution in [-0.4, -0.2) is 24.2 Å². The Bertz CT molecular complexity index is 489. The molecule has 21 heavy (non-hydrogen) atoms. The van der Waals surface area contributed by atoms with Crippen LogP contribution in [-0.2, 0) is 15.7 Å². The molecule has 0 radical (unpaired) electrons. The summed E-state index contributed by atoms with van der Waals surface area (Å²) in [7, 11) is 1.85. The molecule has 0 spiro atoms. The van der Waals surface area contributed by atoms with Crippen LogP contribution in [0.1, 0.15) is 70.0 Å². The highest BCUT2D eigenvalue weighted by molar-refractivity contribution is 7.09. The zero-order valence-electron chi connectivity index (χ0n) is 13.7. The summed E-state index contributed by atoms with van der Waals surface area (Å²) in [5.74, 6) is 0. The molecular formula is C17H28N2OS. The maximum absolute atomic E-state index is 5.68. The van der Waals surface area contributed by atoms with E-state index in [2.05, 4.69) is 31.5 Å². The Balaban J connectivity index is 1.89. The molecule has 3 nitrogen and oxygen atoms in total. The number of nitrogens with zero attached hydrogens (tertiary/aromatic N) is 1. The normalized spacial score (nSPS) is 30.6. The number of methoxy groups -OCH3 is 1. The van der Waals surface area contributed by atoms with E-state index in [0.29, 0.717) is 12.1 Å². The highest BCUT2D eigenvalue weighted by Crippen LogP contribution is 2.42. The van der Waals surface area contributed by atoms with Crippen LogP contribution >= 0.6 is 11.3 Å². The molecule has 0 amide bonds. The third-order valence-corrected chi connectivity index (χ3v) is 5.83. The van der Waals surface area contributed by atoms with Gasteiger partial charge in [0.25, 0.3) is 0 Å². The summed E-state index contributed by atoms with van der Waals surface area (Å²) in [4.78, 5) is 5.03. The van der Waals surface area contributed by atoms with Crippen molar-refractivity contribution in [2.24, 2.45) is 0 Å². The fraction of sp³-hybridized carbons (Fsp3) is 0.824. The van der Waals surface area contributed by atoms with Gasteiger partial charge in [-0.15, -0.1) is 11.3 Å². The van der Waals surface area contributed by atoms with Crippen LogP contribution in [0.15, 0.2) is 5.38 Å². The molecule has 3 rings (SSSR count). The molecule has 1 aromatic heterocycles. The van der Waals surface area contributed by atoms with E-state index in [9.17, 15) is 0 Å². The Morgan fingerprint density at radius 3 is 2.67 bits per heavy atom. The van der Waals surface area contributed by atoms with E-state index >= 15 is 0 Å². The van der Waals surface area contributed by atoms with Crippen molar-refractivity contribution in [3.05, 3.63) is 16.1 Å². The number of nitrogens with one attached hydrogen (secondary N) is 1. The van der Waals surface area contributed by atoms with Crippen LogP contribution in [0.2, 0.25) is 0 Å². The molecule has 0 aliphatic heterocycles. The molecule has 0 saturated heterocycles. The van der Waals surface area contributed by atoms with Gasteiger partial charge in [0.2, 0.25) is 0 Å². The van der Waals surface area contributed by atoms with Crippen molar-refractivity contribution in [2.75, 3.05) is 7.11 Å². The Morgan fingerprint density at radius 1 is 1.33 bits per heavy atom. The van der Waals surface area contributed by atoms with Gasteiger partial charge in [-0.3, -0.25) is 0 Å². The van der Waals surface area contributed by atoms with Crippen LogP contribution < -0.4 is 5.32 Å². The molecule has 2 unspecified atom stereocenters. The molecule has 118 valence electrons. The van der Waals surface area contributed by atoms with Gasteiger partial charge in [-0.1, -0.05) is 20.8 Å². The lowest BCUT2D eigenvalue weighted by Crippen LogP contribution is -2.48. The number of hydrogen-bond acceptors (Lipinski definition) is 4. The van der Waals surface area contributed by atoms with Gasteiger partial charge in [0, 0.05) is 23.9 Å². The summed E-state index contributed by atoms with van der Waals surface area (Å²) in [5.41, 5.74) is 1.40. The van der Waals surface area contributed by atoms with Crippen molar-refractivity contribution in [2.45, 2.75) is 82.4 Å². The Hall–Kier alpha value is -0.450. The minimum atomic E-state index is 0.0499. The third kappa shape index (κ3) is 3.33.